The van der Waals surface area contributed by atoms with Gasteiger partial charge in [-0.2, -0.15) is 0 Å². The number of hydrogen-bond donors (Lipinski definition) is 1. The van der Waals surface area contributed by atoms with E-state index in [0.717, 1.165) is 19.0 Å². The molecule has 1 aromatic rings. The molecule has 4 heteroatoms. The molecule has 1 N–H and O–H groups in total. The van der Waals surface area contributed by atoms with Crippen LogP contribution in [0.3, 0.4) is 0 Å². The molecule has 2 nitrogen and oxygen atoms in total. The Bertz CT molecular complexity index is 419. The number of nitrogens with one attached hydrogen (secondary N) is 1. The molecule has 1 saturated carbocycles. The molecule has 0 bridgehead atoms. The molecule has 0 unspecified atom stereocenters. The first-order chi connectivity index (χ1) is 10.0. The molecule has 0 atom stereocenters. The van der Waals surface area contributed by atoms with Crippen molar-refractivity contribution in [2.75, 3.05) is 26.7 Å². The minimum absolute atomic E-state index is 0.478. The van der Waals surface area contributed by atoms with Crippen LogP contribution in [0.4, 0.5) is 0 Å². The highest BCUT2D eigenvalue weighted by atomic mass is 79.9. The van der Waals surface area contributed by atoms with E-state index in [2.05, 4.69) is 58.5 Å². The first-order valence-corrected chi connectivity index (χ1v) is 9.82. The van der Waals surface area contributed by atoms with Gasteiger partial charge in [0.15, 0.2) is 0 Å². The van der Waals surface area contributed by atoms with Gasteiger partial charge in [0.25, 0.3) is 0 Å². The van der Waals surface area contributed by atoms with E-state index >= 15 is 0 Å². The van der Waals surface area contributed by atoms with Crippen molar-refractivity contribution in [3.8, 4) is 0 Å². The fourth-order valence-electron chi connectivity index (χ4n) is 3.49. The van der Waals surface area contributed by atoms with Crippen LogP contribution < -0.4 is 5.32 Å². The number of nitrogens with zero attached hydrogens (tertiary/aromatic N) is 1. The summed E-state index contributed by atoms with van der Waals surface area (Å²) in [5.74, 6) is 0.915. The zero-order chi connectivity index (χ0) is 15.3. The Labute approximate surface area is 142 Å². The average molecular weight is 373 g/mol. The smallest absolute Gasteiger partial charge is 0.0325 e. The minimum Gasteiger partial charge on any atom is -0.316 e. The van der Waals surface area contributed by atoms with Crippen LogP contribution in [-0.4, -0.2) is 31.6 Å². The summed E-state index contributed by atoms with van der Waals surface area (Å²) < 4.78 is 1.21. The summed E-state index contributed by atoms with van der Waals surface area (Å²) >= 11 is 5.41. The number of thiophene rings is 1. The van der Waals surface area contributed by atoms with Crippen molar-refractivity contribution in [1.82, 2.24) is 10.2 Å². The highest BCUT2D eigenvalue weighted by Gasteiger charge is 2.34. The van der Waals surface area contributed by atoms with Gasteiger partial charge in [-0.25, -0.2) is 0 Å². The molecule has 2 rings (SSSR count). The second-order valence-corrected chi connectivity index (χ2v) is 8.78. The third-order valence-corrected chi connectivity index (χ3v) is 6.42. The quantitative estimate of drug-likeness (QED) is 0.742. The van der Waals surface area contributed by atoms with Gasteiger partial charge in [0.05, 0.1) is 0 Å². The molecule has 0 saturated heterocycles. The maximum absolute atomic E-state index is 3.62. The Morgan fingerprint density at radius 3 is 2.71 bits per heavy atom. The molecule has 0 spiro atoms. The molecule has 1 fully saturated rings. The summed E-state index contributed by atoms with van der Waals surface area (Å²) in [6.07, 6.45) is 5.53. The molecule has 0 aromatic carbocycles. The Balaban J connectivity index is 1.93. The fraction of sp³-hybridized carbons (Fsp3) is 0.765. The highest BCUT2D eigenvalue weighted by molar-refractivity contribution is 9.10. The Hall–Kier alpha value is 0.1000. The second kappa shape index (κ2) is 8.09. The van der Waals surface area contributed by atoms with E-state index in [9.17, 15) is 0 Å². The van der Waals surface area contributed by atoms with Crippen molar-refractivity contribution in [1.29, 1.82) is 0 Å². The monoisotopic (exact) mass is 372 g/mol. The zero-order valence-electron chi connectivity index (χ0n) is 13.6. The van der Waals surface area contributed by atoms with E-state index in [0.29, 0.717) is 5.41 Å². The molecular weight excluding hydrogens is 344 g/mol. The number of rotatable bonds is 7. The first-order valence-electron chi connectivity index (χ1n) is 8.15. The maximum Gasteiger partial charge on any atom is 0.0325 e. The Morgan fingerprint density at radius 2 is 2.14 bits per heavy atom. The zero-order valence-corrected chi connectivity index (χ0v) is 16.0. The van der Waals surface area contributed by atoms with E-state index in [4.69, 9.17) is 0 Å². The van der Waals surface area contributed by atoms with Gasteiger partial charge in [-0.1, -0.05) is 26.7 Å². The third kappa shape index (κ3) is 5.34. The van der Waals surface area contributed by atoms with Gasteiger partial charge in [-0.15, -0.1) is 11.3 Å². The molecule has 0 radical (unpaired) electrons. The van der Waals surface area contributed by atoms with Crippen molar-refractivity contribution in [2.24, 2.45) is 11.3 Å². The summed E-state index contributed by atoms with van der Waals surface area (Å²) in [5, 5.41) is 5.80. The maximum atomic E-state index is 3.62. The Morgan fingerprint density at radius 1 is 1.43 bits per heavy atom. The lowest BCUT2D eigenvalue weighted by atomic mass is 9.70. The van der Waals surface area contributed by atoms with Gasteiger partial charge in [0, 0.05) is 34.4 Å². The van der Waals surface area contributed by atoms with Gasteiger partial charge in [0.1, 0.15) is 0 Å². The number of halogens is 1. The van der Waals surface area contributed by atoms with Crippen molar-refractivity contribution in [3.63, 3.8) is 0 Å². The number of hydrogen-bond acceptors (Lipinski definition) is 3. The van der Waals surface area contributed by atoms with E-state index in [1.54, 1.807) is 0 Å². The summed E-state index contributed by atoms with van der Waals surface area (Å²) in [6, 6.07) is 2.25. The van der Waals surface area contributed by atoms with Gasteiger partial charge < -0.3 is 10.2 Å². The van der Waals surface area contributed by atoms with Crippen LogP contribution in [0.25, 0.3) is 0 Å². The van der Waals surface area contributed by atoms with Crippen molar-refractivity contribution in [3.05, 3.63) is 20.8 Å². The molecular formula is C17H29BrN2S. The summed E-state index contributed by atoms with van der Waals surface area (Å²) in [5.41, 5.74) is 0.478. The van der Waals surface area contributed by atoms with E-state index in [1.807, 2.05) is 11.3 Å². The molecule has 0 aliphatic heterocycles. The first kappa shape index (κ1) is 17.5. The lowest BCUT2D eigenvalue weighted by Crippen LogP contribution is -2.45. The van der Waals surface area contributed by atoms with Crippen molar-refractivity contribution < 1.29 is 0 Å². The van der Waals surface area contributed by atoms with Gasteiger partial charge >= 0.3 is 0 Å². The Kier molecular flexibility index (Phi) is 6.73. The topological polar surface area (TPSA) is 15.3 Å². The van der Waals surface area contributed by atoms with Crippen LogP contribution in [0.5, 0.6) is 0 Å². The van der Waals surface area contributed by atoms with Crippen LogP contribution in [0, 0.1) is 11.3 Å². The lowest BCUT2D eigenvalue weighted by molar-refractivity contribution is 0.0968. The van der Waals surface area contributed by atoms with Gasteiger partial charge in [-0.3, -0.25) is 0 Å². The normalized spacial score (nSPS) is 26.4. The molecule has 1 aliphatic rings. The predicted molar refractivity (Wildman–Crippen MR) is 97.0 cm³/mol. The lowest BCUT2D eigenvalue weighted by Gasteiger charge is -2.42. The van der Waals surface area contributed by atoms with Crippen LogP contribution in [0.15, 0.2) is 15.9 Å². The molecule has 1 aromatic heterocycles. The summed E-state index contributed by atoms with van der Waals surface area (Å²) in [7, 11) is 2.28. The third-order valence-electron chi connectivity index (χ3n) is 4.74. The molecule has 1 aliphatic carbocycles. The molecule has 1 heterocycles. The van der Waals surface area contributed by atoms with Crippen LogP contribution in [0.1, 0.15) is 44.4 Å². The van der Waals surface area contributed by atoms with Crippen LogP contribution in [-0.2, 0) is 6.54 Å². The van der Waals surface area contributed by atoms with Crippen LogP contribution >= 0.6 is 27.3 Å². The van der Waals surface area contributed by atoms with Crippen LogP contribution in [0.2, 0.25) is 0 Å². The SMILES string of the molecule is CCNCC1(CN(C)Cc2cc(Br)cs2)CCC(C)CC1. The highest BCUT2D eigenvalue weighted by Crippen LogP contribution is 2.39. The largest absolute Gasteiger partial charge is 0.316 e. The average Bonchev–Trinajstić information content (AvgIpc) is 2.85. The minimum atomic E-state index is 0.478. The van der Waals surface area contributed by atoms with E-state index in [1.165, 1.54) is 48.1 Å². The fourth-order valence-corrected chi connectivity index (χ4v) is 5.02. The van der Waals surface area contributed by atoms with Crippen molar-refractivity contribution in [2.45, 2.75) is 46.1 Å². The van der Waals surface area contributed by atoms with E-state index < -0.39 is 0 Å². The summed E-state index contributed by atoms with van der Waals surface area (Å²) in [4.78, 5) is 3.97. The van der Waals surface area contributed by atoms with Gasteiger partial charge in [0.2, 0.25) is 0 Å². The van der Waals surface area contributed by atoms with Crippen molar-refractivity contribution >= 4 is 27.3 Å². The summed E-state index contributed by atoms with van der Waals surface area (Å²) in [6.45, 7) is 9.16. The predicted octanol–water partition coefficient (Wildman–Crippen LogP) is 4.75. The molecule has 0 amide bonds. The standard InChI is InChI=1S/C17H29BrN2S/c1-4-19-12-17(7-5-14(2)6-8-17)13-20(3)10-16-9-15(18)11-21-16/h9,11,14,19H,4-8,10,12-13H2,1-3H3. The molecule has 21 heavy (non-hydrogen) atoms. The molecule has 120 valence electrons. The van der Waals surface area contributed by atoms with Gasteiger partial charge in [-0.05, 0) is 59.8 Å². The van der Waals surface area contributed by atoms with E-state index in [-0.39, 0.29) is 0 Å². The second-order valence-electron chi connectivity index (χ2n) is 6.87.